The number of nitrogens with one attached hydrogen (secondary N) is 1. The van der Waals surface area contributed by atoms with Gasteiger partial charge in [0.2, 0.25) is 0 Å². The van der Waals surface area contributed by atoms with E-state index in [2.05, 4.69) is 31.2 Å². The molecule has 2 rings (SSSR count). The molecule has 2 heterocycles. The van der Waals surface area contributed by atoms with Crippen LogP contribution in [0.4, 0.5) is 0 Å². The molecule has 0 aliphatic carbocycles. The SMILES string of the molecule is CNC(c1cncc(OC(C)C)c1)c1ccc(Br)cn1. The minimum atomic E-state index is -0.00804. The molecular formula is C15H18BrN3O. The average molecular weight is 336 g/mol. The molecule has 0 saturated carbocycles. The van der Waals surface area contributed by atoms with Crippen LogP contribution in [0.1, 0.15) is 31.1 Å². The average Bonchev–Trinajstić information content (AvgIpc) is 2.41. The molecule has 0 aromatic carbocycles. The lowest BCUT2D eigenvalue weighted by atomic mass is 10.1. The molecule has 1 atom stereocenters. The molecule has 4 nitrogen and oxygen atoms in total. The van der Waals surface area contributed by atoms with E-state index in [4.69, 9.17) is 4.74 Å². The van der Waals surface area contributed by atoms with Crippen LogP contribution in [-0.2, 0) is 0 Å². The first-order valence-electron chi connectivity index (χ1n) is 6.50. The zero-order valence-corrected chi connectivity index (χ0v) is 13.4. The molecule has 2 aromatic rings. The van der Waals surface area contributed by atoms with Gasteiger partial charge in [-0.1, -0.05) is 0 Å². The van der Waals surface area contributed by atoms with Crippen molar-refractivity contribution < 1.29 is 4.74 Å². The van der Waals surface area contributed by atoms with Crippen LogP contribution in [0.25, 0.3) is 0 Å². The zero-order valence-electron chi connectivity index (χ0n) is 11.8. The van der Waals surface area contributed by atoms with Crippen molar-refractivity contribution in [3.05, 3.63) is 52.5 Å². The smallest absolute Gasteiger partial charge is 0.138 e. The second-order valence-electron chi connectivity index (χ2n) is 4.74. The summed E-state index contributed by atoms with van der Waals surface area (Å²) in [5, 5.41) is 3.26. The van der Waals surface area contributed by atoms with E-state index in [0.717, 1.165) is 21.5 Å². The topological polar surface area (TPSA) is 47.0 Å². The van der Waals surface area contributed by atoms with E-state index in [-0.39, 0.29) is 12.1 Å². The fourth-order valence-corrected chi connectivity index (χ4v) is 2.21. The van der Waals surface area contributed by atoms with Gasteiger partial charge in [0, 0.05) is 16.9 Å². The Labute approximate surface area is 127 Å². The van der Waals surface area contributed by atoms with Crippen molar-refractivity contribution in [2.75, 3.05) is 7.05 Å². The Hall–Kier alpha value is -1.46. The van der Waals surface area contributed by atoms with Gasteiger partial charge in [-0.3, -0.25) is 9.97 Å². The highest BCUT2D eigenvalue weighted by atomic mass is 79.9. The van der Waals surface area contributed by atoms with Crippen LogP contribution in [0, 0.1) is 0 Å². The Morgan fingerprint density at radius 1 is 1.20 bits per heavy atom. The molecule has 1 unspecified atom stereocenters. The standard InChI is InChI=1S/C15H18BrN3O/c1-10(2)20-13-6-11(7-18-9-13)15(17-3)14-5-4-12(16)8-19-14/h4-10,15,17H,1-3H3. The lowest BCUT2D eigenvalue weighted by Gasteiger charge is -2.17. The van der Waals surface area contributed by atoms with E-state index in [9.17, 15) is 0 Å². The van der Waals surface area contributed by atoms with Gasteiger partial charge in [-0.2, -0.15) is 0 Å². The molecule has 106 valence electrons. The van der Waals surface area contributed by atoms with E-state index < -0.39 is 0 Å². The fraction of sp³-hybridized carbons (Fsp3) is 0.333. The maximum Gasteiger partial charge on any atom is 0.138 e. The summed E-state index contributed by atoms with van der Waals surface area (Å²) in [6.07, 6.45) is 5.48. The summed E-state index contributed by atoms with van der Waals surface area (Å²) in [6.45, 7) is 4.00. The van der Waals surface area contributed by atoms with Crippen LogP contribution in [0.5, 0.6) is 5.75 Å². The van der Waals surface area contributed by atoms with Crippen LogP contribution < -0.4 is 10.1 Å². The normalized spacial score (nSPS) is 12.4. The highest BCUT2D eigenvalue weighted by Crippen LogP contribution is 2.24. The molecule has 0 spiro atoms. The summed E-state index contributed by atoms with van der Waals surface area (Å²) < 4.78 is 6.65. The van der Waals surface area contributed by atoms with Gasteiger partial charge in [-0.15, -0.1) is 0 Å². The second-order valence-corrected chi connectivity index (χ2v) is 5.66. The van der Waals surface area contributed by atoms with E-state index in [1.165, 1.54) is 0 Å². The highest BCUT2D eigenvalue weighted by molar-refractivity contribution is 9.10. The predicted molar refractivity (Wildman–Crippen MR) is 82.8 cm³/mol. The van der Waals surface area contributed by atoms with Crippen LogP contribution >= 0.6 is 15.9 Å². The molecule has 0 bridgehead atoms. The number of hydrogen-bond acceptors (Lipinski definition) is 4. The fourth-order valence-electron chi connectivity index (χ4n) is 1.97. The molecule has 2 aromatic heterocycles. The zero-order chi connectivity index (χ0) is 14.5. The van der Waals surface area contributed by atoms with E-state index in [1.54, 1.807) is 12.4 Å². The third kappa shape index (κ3) is 3.77. The van der Waals surface area contributed by atoms with Crippen LogP contribution in [0.3, 0.4) is 0 Å². The molecule has 0 radical (unpaired) electrons. The van der Waals surface area contributed by atoms with E-state index >= 15 is 0 Å². The highest BCUT2D eigenvalue weighted by Gasteiger charge is 2.14. The summed E-state index contributed by atoms with van der Waals surface area (Å²) >= 11 is 3.40. The summed E-state index contributed by atoms with van der Waals surface area (Å²) in [7, 11) is 1.91. The van der Waals surface area contributed by atoms with Crippen molar-refractivity contribution in [2.45, 2.75) is 26.0 Å². The molecule has 0 saturated heterocycles. The first-order valence-corrected chi connectivity index (χ1v) is 7.29. The minimum Gasteiger partial charge on any atom is -0.489 e. The van der Waals surface area contributed by atoms with Gasteiger partial charge in [0.05, 0.1) is 24.0 Å². The lowest BCUT2D eigenvalue weighted by Crippen LogP contribution is -2.19. The van der Waals surface area contributed by atoms with Gasteiger partial charge in [0.15, 0.2) is 0 Å². The van der Waals surface area contributed by atoms with Crippen LogP contribution in [-0.4, -0.2) is 23.1 Å². The van der Waals surface area contributed by atoms with Crippen molar-refractivity contribution in [3.8, 4) is 5.75 Å². The maximum absolute atomic E-state index is 5.69. The summed E-state index contributed by atoms with van der Waals surface area (Å²) in [6, 6.07) is 5.96. The largest absolute Gasteiger partial charge is 0.489 e. The van der Waals surface area contributed by atoms with Crippen molar-refractivity contribution >= 4 is 15.9 Å². The van der Waals surface area contributed by atoms with E-state index in [1.807, 2.05) is 45.3 Å². The van der Waals surface area contributed by atoms with Crippen LogP contribution in [0.2, 0.25) is 0 Å². The molecule has 0 aliphatic heterocycles. The Morgan fingerprint density at radius 3 is 2.60 bits per heavy atom. The number of hydrogen-bond donors (Lipinski definition) is 1. The van der Waals surface area contributed by atoms with Crippen LogP contribution in [0.15, 0.2) is 41.3 Å². The van der Waals surface area contributed by atoms with Crippen molar-refractivity contribution in [1.82, 2.24) is 15.3 Å². The second kappa shape index (κ2) is 6.81. The van der Waals surface area contributed by atoms with Crippen molar-refractivity contribution in [2.24, 2.45) is 0 Å². The number of ether oxygens (including phenoxy) is 1. The van der Waals surface area contributed by atoms with Crippen molar-refractivity contribution in [1.29, 1.82) is 0 Å². The van der Waals surface area contributed by atoms with Gasteiger partial charge in [0.1, 0.15) is 5.75 Å². The van der Waals surface area contributed by atoms with E-state index in [0.29, 0.717) is 0 Å². The van der Waals surface area contributed by atoms with Crippen molar-refractivity contribution in [3.63, 3.8) is 0 Å². The first kappa shape index (κ1) is 14.9. The summed E-state index contributed by atoms with van der Waals surface area (Å²) in [5.41, 5.74) is 1.97. The molecule has 20 heavy (non-hydrogen) atoms. The molecule has 0 aliphatic rings. The molecule has 0 amide bonds. The summed E-state index contributed by atoms with van der Waals surface area (Å²) in [5.74, 6) is 0.773. The quantitative estimate of drug-likeness (QED) is 0.910. The lowest BCUT2D eigenvalue weighted by molar-refractivity contribution is 0.241. The summed E-state index contributed by atoms with van der Waals surface area (Å²) in [4.78, 5) is 8.69. The number of pyridine rings is 2. The Morgan fingerprint density at radius 2 is 2.00 bits per heavy atom. The predicted octanol–water partition coefficient (Wildman–Crippen LogP) is 3.34. The van der Waals surface area contributed by atoms with Gasteiger partial charge in [-0.25, -0.2) is 0 Å². The number of rotatable bonds is 5. The Kier molecular flexibility index (Phi) is 5.09. The molecular weight excluding hydrogens is 318 g/mol. The van der Waals surface area contributed by atoms with Gasteiger partial charge in [0.25, 0.3) is 0 Å². The van der Waals surface area contributed by atoms with Gasteiger partial charge >= 0.3 is 0 Å². The number of halogens is 1. The third-order valence-corrected chi connectivity index (χ3v) is 3.24. The molecule has 1 N–H and O–H groups in total. The number of nitrogens with zero attached hydrogens (tertiary/aromatic N) is 2. The maximum atomic E-state index is 5.69. The third-order valence-electron chi connectivity index (χ3n) is 2.77. The molecule has 0 fully saturated rings. The van der Waals surface area contributed by atoms with Gasteiger partial charge in [-0.05, 0) is 60.6 Å². The van der Waals surface area contributed by atoms with Gasteiger partial charge < -0.3 is 10.1 Å². The Balaban J connectivity index is 2.29. The molecule has 5 heteroatoms. The minimum absolute atomic E-state index is 0.00804. The first-order chi connectivity index (χ1) is 9.60. The Bertz CT molecular complexity index is 557. The number of aromatic nitrogens is 2. The monoisotopic (exact) mass is 335 g/mol.